The van der Waals surface area contributed by atoms with Gasteiger partial charge in [0.2, 0.25) is 5.91 Å². The van der Waals surface area contributed by atoms with Crippen LogP contribution in [0.5, 0.6) is 0 Å². The normalized spacial score (nSPS) is 12.1. The van der Waals surface area contributed by atoms with Gasteiger partial charge >= 0.3 is 0 Å². The summed E-state index contributed by atoms with van der Waals surface area (Å²) in [5.74, 6) is -0.725. The van der Waals surface area contributed by atoms with Crippen molar-refractivity contribution in [2.45, 2.75) is 13.5 Å². The van der Waals surface area contributed by atoms with Gasteiger partial charge < -0.3 is 5.32 Å². The average Bonchev–Trinajstić information content (AvgIpc) is 2.85. The molecule has 1 aromatic heterocycles. The minimum absolute atomic E-state index is 0.142. The van der Waals surface area contributed by atoms with Crippen molar-refractivity contribution < 1.29 is 9.18 Å². The maximum Gasteiger partial charge on any atom is 0.229 e. The Bertz CT molecular complexity index is 509. The highest BCUT2D eigenvalue weighted by Gasteiger charge is 2.14. The van der Waals surface area contributed by atoms with Crippen LogP contribution in [0, 0.1) is 11.7 Å². The van der Waals surface area contributed by atoms with Gasteiger partial charge in [-0.05, 0) is 24.3 Å². The van der Waals surface area contributed by atoms with Crippen LogP contribution >= 0.6 is 0 Å². The van der Waals surface area contributed by atoms with Crippen LogP contribution in [0.15, 0.2) is 36.9 Å². The van der Waals surface area contributed by atoms with Crippen LogP contribution in [0.25, 0.3) is 0 Å². The quantitative estimate of drug-likeness (QED) is 0.895. The van der Waals surface area contributed by atoms with Crippen molar-refractivity contribution in [2.75, 3.05) is 5.32 Å². The van der Waals surface area contributed by atoms with Crippen LogP contribution in [0.4, 0.5) is 10.1 Å². The molecule has 0 radical (unpaired) electrons. The number of nitrogens with zero attached hydrogens (tertiary/aromatic N) is 3. The number of hydrogen-bond acceptors (Lipinski definition) is 3. The Morgan fingerprint density at radius 3 is 2.78 bits per heavy atom. The van der Waals surface area contributed by atoms with Gasteiger partial charge in [-0.3, -0.25) is 9.48 Å². The molecule has 0 spiro atoms. The maximum atomic E-state index is 12.7. The number of halogens is 1. The van der Waals surface area contributed by atoms with E-state index < -0.39 is 0 Å². The summed E-state index contributed by atoms with van der Waals surface area (Å²) in [4.78, 5) is 15.7. The Balaban J connectivity index is 1.93. The molecule has 0 aliphatic rings. The Morgan fingerprint density at radius 1 is 1.44 bits per heavy atom. The van der Waals surface area contributed by atoms with E-state index >= 15 is 0 Å². The molecule has 0 aliphatic heterocycles. The smallest absolute Gasteiger partial charge is 0.229 e. The van der Waals surface area contributed by atoms with Crippen molar-refractivity contribution in [1.29, 1.82) is 0 Å². The van der Waals surface area contributed by atoms with Gasteiger partial charge in [0.25, 0.3) is 0 Å². The zero-order chi connectivity index (χ0) is 13.0. The second-order valence-electron chi connectivity index (χ2n) is 4.01. The lowest BCUT2D eigenvalue weighted by molar-refractivity contribution is -0.119. The summed E-state index contributed by atoms with van der Waals surface area (Å²) in [5.41, 5.74) is 0.576. The molecular weight excluding hydrogens is 235 g/mol. The summed E-state index contributed by atoms with van der Waals surface area (Å²) in [6.07, 6.45) is 2.98. The van der Waals surface area contributed by atoms with Gasteiger partial charge in [0.05, 0.1) is 12.5 Å². The Kier molecular flexibility index (Phi) is 3.66. The van der Waals surface area contributed by atoms with Gasteiger partial charge in [0, 0.05) is 5.69 Å². The van der Waals surface area contributed by atoms with Crippen LogP contribution < -0.4 is 5.32 Å². The second kappa shape index (κ2) is 5.39. The average molecular weight is 248 g/mol. The molecule has 0 saturated heterocycles. The summed E-state index contributed by atoms with van der Waals surface area (Å²) in [6.45, 7) is 2.24. The molecule has 1 unspecified atom stereocenters. The number of hydrogen-bond donors (Lipinski definition) is 1. The van der Waals surface area contributed by atoms with Gasteiger partial charge in [0.1, 0.15) is 18.5 Å². The van der Waals surface area contributed by atoms with Crippen molar-refractivity contribution in [3.05, 3.63) is 42.7 Å². The van der Waals surface area contributed by atoms with E-state index in [4.69, 9.17) is 0 Å². The molecule has 2 rings (SSSR count). The first-order valence-corrected chi connectivity index (χ1v) is 5.54. The molecule has 0 bridgehead atoms. The largest absolute Gasteiger partial charge is 0.326 e. The predicted molar refractivity (Wildman–Crippen MR) is 64.2 cm³/mol. The van der Waals surface area contributed by atoms with Crippen molar-refractivity contribution in [1.82, 2.24) is 14.8 Å². The van der Waals surface area contributed by atoms with Crippen LogP contribution in [0.1, 0.15) is 6.92 Å². The highest BCUT2D eigenvalue weighted by atomic mass is 19.1. The molecule has 18 heavy (non-hydrogen) atoms. The van der Waals surface area contributed by atoms with Gasteiger partial charge in [-0.2, -0.15) is 5.10 Å². The molecule has 1 atom stereocenters. The first kappa shape index (κ1) is 12.2. The van der Waals surface area contributed by atoms with Crippen LogP contribution in [0.2, 0.25) is 0 Å². The molecule has 2 aromatic rings. The summed E-state index contributed by atoms with van der Waals surface area (Å²) in [7, 11) is 0. The van der Waals surface area contributed by atoms with Gasteiger partial charge in [-0.25, -0.2) is 9.37 Å². The van der Waals surface area contributed by atoms with E-state index in [1.807, 2.05) is 0 Å². The van der Waals surface area contributed by atoms with Crippen molar-refractivity contribution >= 4 is 11.6 Å². The summed E-state index contributed by atoms with van der Waals surface area (Å²) < 4.78 is 14.3. The van der Waals surface area contributed by atoms with E-state index in [1.54, 1.807) is 17.9 Å². The lowest BCUT2D eigenvalue weighted by Crippen LogP contribution is -2.24. The van der Waals surface area contributed by atoms with Gasteiger partial charge in [-0.15, -0.1) is 0 Å². The fourth-order valence-corrected chi connectivity index (χ4v) is 1.49. The number of nitrogens with one attached hydrogen (secondary N) is 1. The highest BCUT2D eigenvalue weighted by molar-refractivity contribution is 5.92. The highest BCUT2D eigenvalue weighted by Crippen LogP contribution is 2.10. The zero-order valence-electron chi connectivity index (χ0n) is 9.88. The first-order chi connectivity index (χ1) is 8.65. The van der Waals surface area contributed by atoms with Crippen molar-refractivity contribution in [3.63, 3.8) is 0 Å². The SMILES string of the molecule is CC(Cn1cncn1)C(=O)Nc1ccc(F)cc1. The van der Waals surface area contributed by atoms with Crippen LogP contribution in [0.3, 0.4) is 0 Å². The lowest BCUT2D eigenvalue weighted by Gasteiger charge is -2.11. The Hall–Kier alpha value is -2.24. The number of carbonyl (C=O) groups is 1. The van der Waals surface area contributed by atoms with E-state index in [9.17, 15) is 9.18 Å². The molecule has 0 aliphatic carbocycles. The third-order valence-electron chi connectivity index (χ3n) is 2.49. The summed E-state index contributed by atoms with van der Waals surface area (Å²) in [5, 5.41) is 6.65. The number of anilines is 1. The molecule has 1 amide bonds. The molecule has 6 heteroatoms. The predicted octanol–water partition coefficient (Wildman–Crippen LogP) is 1.69. The minimum atomic E-state index is -0.330. The van der Waals surface area contributed by atoms with E-state index in [1.165, 1.54) is 30.6 Å². The van der Waals surface area contributed by atoms with Crippen molar-refractivity contribution in [3.8, 4) is 0 Å². The molecule has 94 valence electrons. The molecule has 0 fully saturated rings. The van der Waals surface area contributed by atoms with E-state index in [0.717, 1.165) is 0 Å². The fraction of sp³-hybridized carbons (Fsp3) is 0.250. The van der Waals surface area contributed by atoms with E-state index in [2.05, 4.69) is 15.4 Å². The number of carbonyl (C=O) groups excluding carboxylic acids is 1. The number of benzene rings is 1. The molecule has 0 saturated carbocycles. The molecular formula is C12H13FN4O. The van der Waals surface area contributed by atoms with Gasteiger partial charge in [-0.1, -0.05) is 6.92 Å². The van der Waals surface area contributed by atoms with E-state index in [0.29, 0.717) is 12.2 Å². The second-order valence-corrected chi connectivity index (χ2v) is 4.01. The van der Waals surface area contributed by atoms with Crippen LogP contribution in [-0.4, -0.2) is 20.7 Å². The lowest BCUT2D eigenvalue weighted by atomic mass is 10.1. The molecule has 1 aromatic carbocycles. The number of aromatic nitrogens is 3. The van der Waals surface area contributed by atoms with Gasteiger partial charge in [0.15, 0.2) is 0 Å². The number of rotatable bonds is 4. The third kappa shape index (κ3) is 3.13. The number of amides is 1. The van der Waals surface area contributed by atoms with Crippen molar-refractivity contribution in [2.24, 2.45) is 5.92 Å². The third-order valence-corrected chi connectivity index (χ3v) is 2.49. The molecule has 5 nitrogen and oxygen atoms in total. The maximum absolute atomic E-state index is 12.7. The first-order valence-electron chi connectivity index (χ1n) is 5.54. The summed E-state index contributed by atoms with van der Waals surface area (Å²) in [6, 6.07) is 5.65. The molecule has 1 N–H and O–H groups in total. The van der Waals surface area contributed by atoms with Crippen LogP contribution in [-0.2, 0) is 11.3 Å². The standard InChI is InChI=1S/C12H13FN4O/c1-9(6-17-8-14-7-15-17)12(18)16-11-4-2-10(13)3-5-11/h2-5,7-9H,6H2,1H3,(H,16,18). The Morgan fingerprint density at radius 2 is 2.17 bits per heavy atom. The zero-order valence-corrected chi connectivity index (χ0v) is 9.88. The fourth-order valence-electron chi connectivity index (χ4n) is 1.49. The van der Waals surface area contributed by atoms with E-state index in [-0.39, 0.29) is 17.6 Å². The monoisotopic (exact) mass is 248 g/mol. The topological polar surface area (TPSA) is 59.8 Å². The summed E-state index contributed by atoms with van der Waals surface area (Å²) >= 11 is 0. The Labute approximate surface area is 104 Å². The minimum Gasteiger partial charge on any atom is -0.326 e. The molecule has 1 heterocycles.